The van der Waals surface area contributed by atoms with Crippen molar-refractivity contribution in [3.63, 3.8) is 0 Å². The molecule has 1 saturated carbocycles. The second-order valence-corrected chi connectivity index (χ2v) is 8.33. The molecule has 6 heteroatoms. The number of allylic oxidation sites excluding steroid dienone is 1. The van der Waals surface area contributed by atoms with Crippen LogP contribution in [0.3, 0.4) is 0 Å². The Kier molecular flexibility index (Phi) is 5.70. The lowest BCUT2D eigenvalue weighted by Crippen LogP contribution is -2.45. The van der Waals surface area contributed by atoms with Crippen molar-refractivity contribution in [3.05, 3.63) is 45.6 Å². The summed E-state index contributed by atoms with van der Waals surface area (Å²) in [5, 5.41) is 5.54. The van der Waals surface area contributed by atoms with E-state index >= 15 is 0 Å². The van der Waals surface area contributed by atoms with Crippen molar-refractivity contribution in [1.29, 1.82) is 0 Å². The van der Waals surface area contributed by atoms with Crippen LogP contribution >= 0.6 is 15.9 Å². The first-order valence-corrected chi connectivity index (χ1v) is 9.89. The standard InChI is InChI=1S/C20H25BrN2O3/c1-11-4-9-16(10-12(11)2)26-19(24)17-13(3)22-20(25)23-18(17)14-5-7-15(21)8-6-14/h5-8,11-12,16,18H,4,9-10H2,1-3H3,(H2,22,23,25)/t11-,12+,16-,18-/m1/s1. The molecule has 0 saturated heterocycles. The van der Waals surface area contributed by atoms with Gasteiger partial charge in [-0.05, 0) is 55.7 Å². The van der Waals surface area contributed by atoms with Crippen molar-refractivity contribution >= 4 is 27.9 Å². The molecular weight excluding hydrogens is 396 g/mol. The van der Waals surface area contributed by atoms with Gasteiger partial charge < -0.3 is 15.4 Å². The minimum absolute atomic E-state index is 0.0582. The van der Waals surface area contributed by atoms with Crippen LogP contribution in [0.15, 0.2) is 40.0 Å². The van der Waals surface area contributed by atoms with E-state index in [-0.39, 0.29) is 18.1 Å². The number of rotatable bonds is 3. The van der Waals surface area contributed by atoms with E-state index in [0.717, 1.165) is 29.3 Å². The lowest BCUT2D eigenvalue weighted by molar-refractivity contribution is -0.147. The number of benzene rings is 1. The summed E-state index contributed by atoms with van der Waals surface area (Å²) in [6.45, 7) is 6.20. The number of carbonyl (C=O) groups is 2. The van der Waals surface area contributed by atoms with Crippen LogP contribution in [-0.2, 0) is 9.53 Å². The molecule has 1 aromatic carbocycles. The number of hydrogen-bond donors (Lipinski definition) is 2. The predicted molar refractivity (Wildman–Crippen MR) is 103 cm³/mol. The minimum Gasteiger partial charge on any atom is -0.459 e. The summed E-state index contributed by atoms with van der Waals surface area (Å²) in [4.78, 5) is 24.9. The fourth-order valence-electron chi connectivity index (χ4n) is 3.69. The molecule has 2 aliphatic rings. The third kappa shape index (κ3) is 4.11. The van der Waals surface area contributed by atoms with Crippen molar-refractivity contribution in [1.82, 2.24) is 10.6 Å². The Bertz CT molecular complexity index is 729. The topological polar surface area (TPSA) is 67.4 Å². The van der Waals surface area contributed by atoms with Gasteiger partial charge in [0.15, 0.2) is 0 Å². The summed E-state index contributed by atoms with van der Waals surface area (Å²) in [5.74, 6) is 0.856. The number of halogens is 1. The monoisotopic (exact) mass is 420 g/mol. The van der Waals surface area contributed by atoms with E-state index in [1.165, 1.54) is 0 Å². The highest BCUT2D eigenvalue weighted by molar-refractivity contribution is 9.10. The first-order chi connectivity index (χ1) is 12.3. The summed E-state index contributed by atoms with van der Waals surface area (Å²) in [6, 6.07) is 6.76. The fourth-order valence-corrected chi connectivity index (χ4v) is 3.95. The number of hydrogen-bond acceptors (Lipinski definition) is 3. The highest BCUT2D eigenvalue weighted by Gasteiger charge is 2.34. The molecule has 0 unspecified atom stereocenters. The third-order valence-corrected chi connectivity index (χ3v) is 6.04. The summed E-state index contributed by atoms with van der Waals surface area (Å²) in [5.41, 5.74) is 1.86. The average molecular weight is 421 g/mol. The number of urea groups is 1. The second kappa shape index (κ2) is 7.82. The number of carbonyl (C=O) groups excluding carboxylic acids is 2. The molecule has 3 rings (SSSR count). The Morgan fingerprint density at radius 2 is 1.85 bits per heavy atom. The first-order valence-electron chi connectivity index (χ1n) is 9.10. The van der Waals surface area contributed by atoms with Crippen LogP contribution in [0, 0.1) is 11.8 Å². The van der Waals surface area contributed by atoms with Gasteiger partial charge in [-0.2, -0.15) is 0 Å². The lowest BCUT2D eigenvalue weighted by atomic mass is 9.80. The normalized spacial score (nSPS) is 29.0. The van der Waals surface area contributed by atoms with E-state index in [2.05, 4.69) is 40.4 Å². The van der Waals surface area contributed by atoms with E-state index in [0.29, 0.717) is 23.1 Å². The molecule has 140 valence electrons. The van der Waals surface area contributed by atoms with Crippen molar-refractivity contribution < 1.29 is 14.3 Å². The molecule has 0 spiro atoms. The van der Waals surface area contributed by atoms with E-state index in [4.69, 9.17) is 4.74 Å². The van der Waals surface area contributed by atoms with Crippen LogP contribution in [0.25, 0.3) is 0 Å². The van der Waals surface area contributed by atoms with Crippen molar-refractivity contribution in [3.8, 4) is 0 Å². The van der Waals surface area contributed by atoms with Gasteiger partial charge in [0.1, 0.15) is 6.10 Å². The molecule has 1 heterocycles. The predicted octanol–water partition coefficient (Wildman–Crippen LogP) is 4.44. The van der Waals surface area contributed by atoms with Crippen molar-refractivity contribution in [2.45, 2.75) is 52.2 Å². The van der Waals surface area contributed by atoms with Crippen molar-refractivity contribution in [2.24, 2.45) is 11.8 Å². The Balaban J connectivity index is 1.82. The van der Waals surface area contributed by atoms with Crippen LogP contribution in [0.5, 0.6) is 0 Å². The molecule has 4 atom stereocenters. The number of ether oxygens (including phenoxy) is 1. The quantitative estimate of drug-likeness (QED) is 0.709. The molecule has 2 N–H and O–H groups in total. The van der Waals surface area contributed by atoms with Crippen LogP contribution in [0.2, 0.25) is 0 Å². The SMILES string of the molecule is CC1=C(C(=O)O[C@@H]2CC[C@@H](C)[C@@H](C)C2)[C@@H](c2ccc(Br)cc2)NC(=O)N1. The summed E-state index contributed by atoms with van der Waals surface area (Å²) < 4.78 is 6.77. The van der Waals surface area contributed by atoms with E-state index in [1.54, 1.807) is 6.92 Å². The van der Waals surface area contributed by atoms with Gasteiger partial charge in [-0.3, -0.25) is 0 Å². The maximum atomic E-state index is 12.9. The Morgan fingerprint density at radius 1 is 1.15 bits per heavy atom. The zero-order valence-corrected chi connectivity index (χ0v) is 16.9. The molecule has 1 aliphatic heterocycles. The smallest absolute Gasteiger partial charge is 0.338 e. The Morgan fingerprint density at radius 3 is 2.50 bits per heavy atom. The summed E-state index contributed by atoms with van der Waals surface area (Å²) in [6.07, 6.45) is 2.80. The van der Waals surface area contributed by atoms with E-state index in [9.17, 15) is 9.59 Å². The van der Waals surface area contributed by atoms with Crippen LogP contribution in [0.4, 0.5) is 4.79 Å². The fraction of sp³-hybridized carbons (Fsp3) is 0.500. The van der Waals surface area contributed by atoms with E-state index < -0.39 is 6.04 Å². The molecule has 2 amide bonds. The zero-order chi connectivity index (χ0) is 18.8. The molecule has 0 aromatic heterocycles. The highest BCUT2D eigenvalue weighted by atomic mass is 79.9. The zero-order valence-electron chi connectivity index (χ0n) is 15.3. The van der Waals surface area contributed by atoms with Crippen LogP contribution < -0.4 is 10.6 Å². The lowest BCUT2D eigenvalue weighted by Gasteiger charge is -2.33. The van der Waals surface area contributed by atoms with Gasteiger partial charge in [0.25, 0.3) is 0 Å². The summed E-state index contributed by atoms with van der Waals surface area (Å²) in [7, 11) is 0. The van der Waals surface area contributed by atoms with Gasteiger partial charge in [-0.1, -0.05) is 41.9 Å². The molecule has 0 bridgehead atoms. The Hall–Kier alpha value is -1.82. The minimum atomic E-state index is -0.510. The van der Waals surface area contributed by atoms with Gasteiger partial charge in [0, 0.05) is 10.2 Å². The van der Waals surface area contributed by atoms with Gasteiger partial charge in [-0.25, -0.2) is 9.59 Å². The molecule has 1 fully saturated rings. The first kappa shape index (κ1) is 19.0. The molecule has 0 radical (unpaired) electrons. The average Bonchev–Trinajstić information content (AvgIpc) is 2.58. The maximum Gasteiger partial charge on any atom is 0.338 e. The number of nitrogens with one attached hydrogen (secondary N) is 2. The molecule has 26 heavy (non-hydrogen) atoms. The van der Waals surface area contributed by atoms with Gasteiger partial charge in [0.2, 0.25) is 0 Å². The van der Waals surface area contributed by atoms with Crippen LogP contribution in [0.1, 0.15) is 51.6 Å². The van der Waals surface area contributed by atoms with Gasteiger partial charge in [-0.15, -0.1) is 0 Å². The van der Waals surface area contributed by atoms with E-state index in [1.807, 2.05) is 24.3 Å². The molecular formula is C20H25BrN2O3. The molecule has 1 aliphatic carbocycles. The van der Waals surface area contributed by atoms with Gasteiger partial charge in [0.05, 0.1) is 11.6 Å². The number of amides is 2. The molecule has 5 nitrogen and oxygen atoms in total. The van der Waals surface area contributed by atoms with Gasteiger partial charge >= 0.3 is 12.0 Å². The Labute approximate surface area is 162 Å². The largest absolute Gasteiger partial charge is 0.459 e. The summed E-state index contributed by atoms with van der Waals surface area (Å²) >= 11 is 3.41. The second-order valence-electron chi connectivity index (χ2n) is 7.42. The van der Waals surface area contributed by atoms with Crippen molar-refractivity contribution in [2.75, 3.05) is 0 Å². The molecule has 1 aromatic rings. The number of esters is 1. The van der Waals surface area contributed by atoms with Crippen LogP contribution in [-0.4, -0.2) is 18.1 Å². The maximum absolute atomic E-state index is 12.9. The highest BCUT2D eigenvalue weighted by Crippen LogP contribution is 2.33. The third-order valence-electron chi connectivity index (χ3n) is 5.52.